The molecular weight excluding hydrogens is 374 g/mol. The highest BCUT2D eigenvalue weighted by molar-refractivity contribution is 5.97. The number of ether oxygens (including phenoxy) is 2. The molecule has 0 bridgehead atoms. The predicted molar refractivity (Wildman–Crippen MR) is 110 cm³/mol. The van der Waals surface area contributed by atoms with E-state index in [4.69, 9.17) is 15.2 Å². The lowest BCUT2D eigenvalue weighted by molar-refractivity contribution is 0.0996. The molecule has 154 valence electrons. The van der Waals surface area contributed by atoms with E-state index in [0.29, 0.717) is 5.69 Å². The largest absolute Gasteiger partial charge is 0.495 e. The van der Waals surface area contributed by atoms with Gasteiger partial charge in [0.15, 0.2) is 0 Å². The summed E-state index contributed by atoms with van der Waals surface area (Å²) in [4.78, 5) is 30.1. The molecule has 9 heteroatoms. The molecule has 1 aliphatic rings. The van der Waals surface area contributed by atoms with Gasteiger partial charge in [-0.3, -0.25) is 4.79 Å². The van der Waals surface area contributed by atoms with Crippen molar-refractivity contribution in [3.05, 3.63) is 42.1 Å². The highest BCUT2D eigenvalue weighted by Crippen LogP contribution is 2.29. The summed E-state index contributed by atoms with van der Waals surface area (Å²) >= 11 is 0. The van der Waals surface area contributed by atoms with E-state index in [0.717, 1.165) is 37.4 Å². The number of rotatable bonds is 6. The number of nitrogens with two attached hydrogens (primary N) is 1. The third kappa shape index (κ3) is 4.87. The number of benzene rings is 1. The van der Waals surface area contributed by atoms with Crippen LogP contribution in [0.15, 0.2) is 36.5 Å². The lowest BCUT2D eigenvalue weighted by atomic mass is 10.0. The molecule has 0 aliphatic carbocycles. The van der Waals surface area contributed by atoms with Crippen molar-refractivity contribution in [3.8, 4) is 11.6 Å². The van der Waals surface area contributed by atoms with E-state index < -0.39 is 5.91 Å². The second-order valence-electron chi connectivity index (χ2n) is 6.68. The van der Waals surface area contributed by atoms with E-state index in [9.17, 15) is 9.59 Å². The smallest absolute Gasteiger partial charge is 0.319 e. The lowest BCUT2D eigenvalue weighted by Crippen LogP contribution is -2.46. The summed E-state index contributed by atoms with van der Waals surface area (Å²) in [5.41, 5.74) is 6.85. The Morgan fingerprint density at radius 2 is 1.90 bits per heavy atom. The van der Waals surface area contributed by atoms with Crippen molar-refractivity contribution in [1.82, 2.24) is 10.3 Å². The van der Waals surface area contributed by atoms with Crippen molar-refractivity contribution in [3.63, 3.8) is 0 Å². The number of carbonyl (C=O) groups is 2. The Morgan fingerprint density at radius 3 is 2.55 bits per heavy atom. The maximum Gasteiger partial charge on any atom is 0.319 e. The van der Waals surface area contributed by atoms with E-state index in [1.165, 1.54) is 19.4 Å². The van der Waals surface area contributed by atoms with Crippen molar-refractivity contribution in [2.45, 2.75) is 18.9 Å². The number of methoxy groups -OCH3 is 2. The van der Waals surface area contributed by atoms with Crippen LogP contribution in [0.5, 0.6) is 11.6 Å². The van der Waals surface area contributed by atoms with Crippen LogP contribution in [0.25, 0.3) is 0 Å². The Hall–Kier alpha value is -3.49. The zero-order chi connectivity index (χ0) is 20.8. The molecule has 0 spiro atoms. The molecule has 0 unspecified atom stereocenters. The van der Waals surface area contributed by atoms with Gasteiger partial charge in [-0.05, 0) is 31.0 Å². The number of amides is 3. The summed E-state index contributed by atoms with van der Waals surface area (Å²) in [6.07, 6.45) is 3.02. The van der Waals surface area contributed by atoms with Crippen LogP contribution in [0.3, 0.4) is 0 Å². The maximum atomic E-state index is 12.3. The Kier molecular flexibility index (Phi) is 6.38. The lowest BCUT2D eigenvalue weighted by Gasteiger charge is -2.34. The Balaban J connectivity index is 1.55. The number of urea groups is 1. The van der Waals surface area contributed by atoms with Gasteiger partial charge in [0, 0.05) is 19.1 Å². The van der Waals surface area contributed by atoms with E-state index in [1.54, 1.807) is 7.11 Å². The molecule has 29 heavy (non-hydrogen) atoms. The highest BCUT2D eigenvalue weighted by Gasteiger charge is 2.23. The number of pyridine rings is 1. The van der Waals surface area contributed by atoms with Crippen molar-refractivity contribution in [2.75, 3.05) is 37.5 Å². The first-order valence-corrected chi connectivity index (χ1v) is 9.31. The molecule has 0 atom stereocenters. The van der Waals surface area contributed by atoms with E-state index in [2.05, 4.69) is 20.5 Å². The number of hydrogen-bond acceptors (Lipinski definition) is 6. The first-order valence-electron chi connectivity index (χ1n) is 9.31. The molecule has 1 aliphatic heterocycles. The summed E-state index contributed by atoms with van der Waals surface area (Å²) in [6.45, 7) is 1.61. The van der Waals surface area contributed by atoms with Crippen LogP contribution in [0.4, 0.5) is 16.2 Å². The fourth-order valence-corrected chi connectivity index (χ4v) is 3.37. The molecule has 9 nitrogen and oxygen atoms in total. The third-order valence-corrected chi connectivity index (χ3v) is 4.82. The van der Waals surface area contributed by atoms with Gasteiger partial charge >= 0.3 is 6.03 Å². The Bertz CT molecular complexity index is 881. The molecule has 3 rings (SSSR count). The van der Waals surface area contributed by atoms with Crippen LogP contribution in [-0.2, 0) is 0 Å². The van der Waals surface area contributed by atoms with Gasteiger partial charge in [-0.2, -0.15) is 0 Å². The quantitative estimate of drug-likeness (QED) is 0.684. The highest BCUT2D eigenvalue weighted by atomic mass is 16.5. The van der Waals surface area contributed by atoms with Gasteiger partial charge in [0.05, 0.1) is 31.8 Å². The van der Waals surface area contributed by atoms with Crippen molar-refractivity contribution in [2.24, 2.45) is 5.73 Å². The number of aromatic nitrogens is 1. The molecule has 4 N–H and O–H groups in total. The maximum absolute atomic E-state index is 12.3. The van der Waals surface area contributed by atoms with E-state index in [1.807, 2.05) is 24.3 Å². The Morgan fingerprint density at radius 1 is 1.17 bits per heavy atom. The number of carbonyl (C=O) groups excluding carboxylic acids is 2. The summed E-state index contributed by atoms with van der Waals surface area (Å²) in [5, 5.41) is 5.65. The van der Waals surface area contributed by atoms with Gasteiger partial charge in [0.1, 0.15) is 11.3 Å². The van der Waals surface area contributed by atoms with Gasteiger partial charge in [0.2, 0.25) is 5.88 Å². The first kappa shape index (κ1) is 20.2. The molecule has 2 aromatic rings. The third-order valence-electron chi connectivity index (χ3n) is 4.82. The molecule has 0 radical (unpaired) electrons. The van der Waals surface area contributed by atoms with E-state index >= 15 is 0 Å². The van der Waals surface area contributed by atoms with Crippen molar-refractivity contribution < 1.29 is 19.1 Å². The van der Waals surface area contributed by atoms with Crippen LogP contribution >= 0.6 is 0 Å². The normalized spacial score (nSPS) is 14.2. The number of nitrogens with zero attached hydrogens (tertiary/aromatic N) is 2. The molecule has 2 heterocycles. The molecule has 1 fully saturated rings. The average molecular weight is 399 g/mol. The zero-order valence-corrected chi connectivity index (χ0v) is 16.5. The number of anilines is 2. The van der Waals surface area contributed by atoms with E-state index in [-0.39, 0.29) is 23.5 Å². The van der Waals surface area contributed by atoms with Gasteiger partial charge in [0.25, 0.3) is 5.91 Å². The predicted octanol–water partition coefficient (Wildman–Crippen LogP) is 1.99. The molecule has 1 aromatic carbocycles. The van der Waals surface area contributed by atoms with Crippen LogP contribution in [-0.4, -0.2) is 50.3 Å². The van der Waals surface area contributed by atoms with Gasteiger partial charge < -0.3 is 30.7 Å². The summed E-state index contributed by atoms with van der Waals surface area (Å²) in [7, 11) is 3.06. The second kappa shape index (κ2) is 9.13. The average Bonchev–Trinajstić information content (AvgIpc) is 2.74. The van der Waals surface area contributed by atoms with Crippen LogP contribution < -0.4 is 30.7 Å². The molecule has 3 amide bonds. The SMILES string of the molecule is COc1ccccc1N1CCC(NC(=O)Nc2cnc(OC)c(C(N)=O)c2)CC1. The van der Waals surface area contributed by atoms with Gasteiger partial charge in [-0.25, -0.2) is 9.78 Å². The molecular formula is C20H25N5O4. The van der Waals surface area contributed by atoms with Crippen molar-refractivity contribution in [1.29, 1.82) is 0 Å². The monoisotopic (exact) mass is 399 g/mol. The standard InChI is InChI=1S/C20H25N5O4/c1-28-17-6-4-3-5-16(17)25-9-7-13(8-10-25)23-20(27)24-14-11-15(18(21)26)19(29-2)22-12-14/h3-6,11-13H,7-10H2,1-2H3,(H2,21,26)(H2,23,24,27). The number of nitrogens with one attached hydrogen (secondary N) is 2. The molecule has 1 aromatic heterocycles. The second-order valence-corrected chi connectivity index (χ2v) is 6.68. The minimum absolute atomic E-state index is 0.0442. The first-order chi connectivity index (χ1) is 14.0. The fourth-order valence-electron chi connectivity index (χ4n) is 3.37. The minimum atomic E-state index is -0.679. The number of hydrogen-bond donors (Lipinski definition) is 3. The summed E-state index contributed by atoms with van der Waals surface area (Å²) in [5.74, 6) is 0.281. The summed E-state index contributed by atoms with van der Waals surface area (Å²) in [6, 6.07) is 9.03. The number of piperidine rings is 1. The van der Waals surface area contributed by atoms with Gasteiger partial charge in [-0.1, -0.05) is 12.1 Å². The number of para-hydroxylation sites is 2. The summed E-state index contributed by atoms with van der Waals surface area (Å²) < 4.78 is 10.4. The molecule has 0 saturated carbocycles. The van der Waals surface area contributed by atoms with Crippen molar-refractivity contribution >= 4 is 23.3 Å². The zero-order valence-electron chi connectivity index (χ0n) is 16.5. The van der Waals surface area contributed by atoms with Gasteiger partial charge in [-0.15, -0.1) is 0 Å². The minimum Gasteiger partial charge on any atom is -0.495 e. The van der Waals surface area contributed by atoms with Crippen LogP contribution in [0, 0.1) is 0 Å². The number of primary amides is 1. The topological polar surface area (TPSA) is 119 Å². The molecule has 1 saturated heterocycles. The van der Waals surface area contributed by atoms with Crippen LogP contribution in [0.2, 0.25) is 0 Å². The fraction of sp³-hybridized carbons (Fsp3) is 0.350. The Labute approximate surface area is 169 Å². The van der Waals surface area contributed by atoms with Crippen LogP contribution in [0.1, 0.15) is 23.2 Å².